The van der Waals surface area contributed by atoms with Crippen LogP contribution < -0.4 is 42.6 Å². The molecule has 2 aromatic heterocycles. The van der Waals surface area contributed by atoms with Crippen molar-refractivity contribution in [1.82, 2.24) is 0 Å². The zero-order chi connectivity index (χ0) is 60.1. The van der Waals surface area contributed by atoms with Gasteiger partial charge in [-0.3, -0.25) is 0 Å². The van der Waals surface area contributed by atoms with E-state index in [0.29, 0.717) is 0 Å². The van der Waals surface area contributed by atoms with Crippen LogP contribution in [0.5, 0.6) is 0 Å². The van der Waals surface area contributed by atoms with Crippen LogP contribution in [0, 0.1) is 0 Å². The van der Waals surface area contributed by atoms with Gasteiger partial charge in [0.2, 0.25) is 13.4 Å². The number of para-hydroxylation sites is 4. The second kappa shape index (κ2) is 20.3. The van der Waals surface area contributed by atoms with Gasteiger partial charge in [-0.2, -0.15) is 0 Å². The number of anilines is 6. The van der Waals surface area contributed by atoms with Crippen molar-refractivity contribution in [2.75, 3.05) is 9.80 Å². The zero-order valence-electron chi connectivity index (χ0n) is 49.5. The smallest absolute Gasteiger partial charge is 0.249 e. The maximum Gasteiger partial charge on any atom is 0.249 e. The molecule has 0 saturated heterocycles. The topological polar surface area (TPSA) is 32.8 Å². The van der Waals surface area contributed by atoms with Crippen molar-refractivity contribution in [3.63, 3.8) is 0 Å². The minimum atomic E-state index is -0.197. The van der Waals surface area contributed by atoms with Crippen molar-refractivity contribution in [2.45, 2.75) is 19.6 Å². The molecule has 4 aliphatic rings. The summed E-state index contributed by atoms with van der Waals surface area (Å²) in [4.78, 5) is 10.1. The Morgan fingerprint density at radius 2 is 0.750 bits per heavy atom. The van der Waals surface area contributed by atoms with Crippen molar-refractivity contribution in [1.29, 1.82) is 0 Å². The van der Waals surface area contributed by atoms with Crippen molar-refractivity contribution in [3.8, 4) is 55.6 Å². The molecular formula is C84H50B2N2O2S2. The molecule has 0 aliphatic carbocycles. The third-order valence-corrected chi connectivity index (χ3v) is 22.0. The van der Waals surface area contributed by atoms with E-state index in [-0.39, 0.29) is 13.4 Å². The summed E-state index contributed by atoms with van der Waals surface area (Å²) >= 11 is 3.76. The average molecular weight is 1210 g/mol. The molecule has 426 valence electrons. The highest BCUT2D eigenvalue weighted by atomic mass is 32.2. The summed E-state index contributed by atoms with van der Waals surface area (Å²) in [6.07, 6.45) is 0. The first-order valence-corrected chi connectivity index (χ1v) is 33.2. The highest BCUT2D eigenvalue weighted by molar-refractivity contribution is 8.00. The Labute approximate surface area is 541 Å². The second-order valence-corrected chi connectivity index (χ2v) is 26.6. The lowest BCUT2D eigenvalue weighted by atomic mass is 9.31. The minimum absolute atomic E-state index is 0.169. The Morgan fingerprint density at radius 3 is 1.40 bits per heavy atom. The third-order valence-electron chi connectivity index (χ3n) is 19.6. The summed E-state index contributed by atoms with van der Waals surface area (Å²) in [7, 11) is 0. The SMILES string of the molecule is c1ccc(-c2ccc3c(c2)Sc2c4c(cc5oc6ccccc6c25)N(c2ccccc2-c2ccccc2)c2cc5c(cc2B34)B2c3ccc4c(oc6ccccc64)c3Sc3cc(-c4ccccc4-c4ccccc4)cc(c32)N5c2ccccc2-c2ccccc2)cc1. The van der Waals surface area contributed by atoms with Crippen molar-refractivity contribution < 1.29 is 8.83 Å². The molecule has 0 fully saturated rings. The quantitative estimate of drug-likeness (QED) is 0.148. The van der Waals surface area contributed by atoms with Crippen molar-refractivity contribution >= 4 is 148 Å². The van der Waals surface area contributed by atoms with Crippen LogP contribution in [-0.4, -0.2) is 13.4 Å². The van der Waals surface area contributed by atoms with E-state index >= 15 is 0 Å². The molecule has 0 radical (unpaired) electrons. The number of furan rings is 2. The Balaban J connectivity index is 0.942. The Kier molecular flexibility index (Phi) is 11.5. The Morgan fingerprint density at radius 1 is 0.261 bits per heavy atom. The lowest BCUT2D eigenvalue weighted by Crippen LogP contribution is -2.64. The number of rotatable bonds is 7. The van der Waals surface area contributed by atoms with Gasteiger partial charge >= 0.3 is 0 Å². The largest absolute Gasteiger partial charge is 0.456 e. The molecule has 0 saturated carbocycles. The van der Waals surface area contributed by atoms with Gasteiger partial charge in [0.15, 0.2) is 0 Å². The van der Waals surface area contributed by atoms with Gasteiger partial charge in [-0.15, -0.1) is 0 Å². The summed E-state index contributed by atoms with van der Waals surface area (Å²) in [6, 6.07) is 112. The van der Waals surface area contributed by atoms with E-state index in [4.69, 9.17) is 8.83 Å². The molecule has 0 spiro atoms. The number of fused-ring (bicyclic) bond motifs is 16. The molecule has 8 heteroatoms. The van der Waals surface area contributed by atoms with E-state index in [9.17, 15) is 0 Å². The number of nitrogens with zero attached hydrogens (tertiary/aromatic N) is 2. The summed E-state index contributed by atoms with van der Waals surface area (Å²) in [5, 5.41) is 4.53. The highest BCUT2D eigenvalue weighted by Crippen LogP contribution is 2.54. The molecule has 0 atom stereocenters. The molecule has 20 rings (SSSR count). The van der Waals surface area contributed by atoms with Crippen LogP contribution in [0.3, 0.4) is 0 Å². The van der Waals surface area contributed by atoms with E-state index in [0.717, 1.165) is 111 Å². The van der Waals surface area contributed by atoms with E-state index in [1.165, 1.54) is 75.3 Å². The second-order valence-electron chi connectivity index (χ2n) is 24.5. The molecule has 6 heterocycles. The van der Waals surface area contributed by atoms with E-state index in [2.05, 4.69) is 313 Å². The van der Waals surface area contributed by atoms with E-state index in [1.54, 1.807) is 0 Å². The lowest BCUT2D eigenvalue weighted by Gasteiger charge is -2.45. The highest BCUT2D eigenvalue weighted by Gasteiger charge is 2.48. The molecule has 92 heavy (non-hydrogen) atoms. The van der Waals surface area contributed by atoms with Crippen LogP contribution in [0.4, 0.5) is 34.1 Å². The van der Waals surface area contributed by atoms with Gasteiger partial charge in [-0.05, 0) is 115 Å². The maximum atomic E-state index is 7.13. The molecule has 0 N–H and O–H groups in total. The molecule has 16 aromatic rings. The summed E-state index contributed by atoms with van der Waals surface area (Å²) in [5.74, 6) is 0. The van der Waals surface area contributed by atoms with Gasteiger partial charge in [0.25, 0.3) is 0 Å². The van der Waals surface area contributed by atoms with Gasteiger partial charge in [0, 0.05) is 76.2 Å². The summed E-state index contributed by atoms with van der Waals surface area (Å²) < 4.78 is 14.2. The number of hydrogen-bond donors (Lipinski definition) is 0. The molecule has 0 amide bonds. The van der Waals surface area contributed by atoms with Gasteiger partial charge in [0.05, 0.1) is 16.3 Å². The predicted octanol–water partition coefficient (Wildman–Crippen LogP) is 19.3. The van der Waals surface area contributed by atoms with Crippen LogP contribution in [0.15, 0.2) is 332 Å². The van der Waals surface area contributed by atoms with Crippen LogP contribution in [0.1, 0.15) is 0 Å². The Bertz CT molecular complexity index is 5750. The number of benzene rings is 14. The molecule has 4 nitrogen and oxygen atoms in total. The predicted molar refractivity (Wildman–Crippen MR) is 388 cm³/mol. The standard InChI is InChI=1S/C84H50B2N2O2S2/c1-5-23-51(24-6-1)55-41-43-64-77(46-55)91-84-79-63-36-18-22-40-75(63)89-76(79)50-73-81(84)85(64)66-48-67-71(49-70(66)88(73)69-38-20-16-34-60(69)54-29-11-4-12-30-54)87(68-37-19-15-33-59(68)53-27-9-3-10-28-53)72-45-56(58-32-14-13-31-57(58)52-25-7-2-8-26-52)47-78-80(72)86(67)65-44-42-62-61-35-17-21-39-74(61)90-82(62)83(65)92-78/h1-50H. The first-order valence-electron chi connectivity index (χ1n) is 31.5. The van der Waals surface area contributed by atoms with E-state index in [1.807, 2.05) is 23.5 Å². The molecule has 0 bridgehead atoms. The van der Waals surface area contributed by atoms with Gasteiger partial charge in [0.1, 0.15) is 22.3 Å². The maximum absolute atomic E-state index is 7.13. The number of hydrogen-bond acceptors (Lipinski definition) is 6. The molecule has 14 aromatic carbocycles. The lowest BCUT2D eigenvalue weighted by molar-refractivity contribution is 0.661. The van der Waals surface area contributed by atoms with E-state index < -0.39 is 0 Å². The summed E-state index contributed by atoms with van der Waals surface area (Å²) in [5.41, 5.74) is 29.5. The fraction of sp³-hybridized carbons (Fsp3) is 0. The van der Waals surface area contributed by atoms with Gasteiger partial charge in [-0.1, -0.05) is 283 Å². The van der Waals surface area contributed by atoms with Crippen LogP contribution in [-0.2, 0) is 0 Å². The zero-order valence-corrected chi connectivity index (χ0v) is 51.2. The molecule has 4 aliphatic heterocycles. The Hall–Kier alpha value is -10.9. The fourth-order valence-corrected chi connectivity index (χ4v) is 18.3. The van der Waals surface area contributed by atoms with Gasteiger partial charge in [-0.25, -0.2) is 0 Å². The normalized spacial score (nSPS) is 13.3. The van der Waals surface area contributed by atoms with Crippen molar-refractivity contribution in [3.05, 3.63) is 303 Å². The third kappa shape index (κ3) is 7.72. The summed E-state index contributed by atoms with van der Waals surface area (Å²) in [6.45, 7) is -0.366. The first-order chi connectivity index (χ1) is 45.6. The van der Waals surface area contributed by atoms with Crippen LogP contribution in [0.2, 0.25) is 0 Å². The monoisotopic (exact) mass is 1200 g/mol. The molecular weight excluding hydrogens is 1150 g/mol. The fourth-order valence-electron chi connectivity index (χ4n) is 15.6. The first kappa shape index (κ1) is 51.9. The van der Waals surface area contributed by atoms with Crippen LogP contribution >= 0.6 is 23.5 Å². The molecule has 0 unspecified atom stereocenters. The van der Waals surface area contributed by atoms with Crippen molar-refractivity contribution in [2.24, 2.45) is 0 Å². The van der Waals surface area contributed by atoms with Gasteiger partial charge < -0.3 is 18.6 Å². The average Bonchev–Trinajstić information content (AvgIpc) is 0.913. The minimum Gasteiger partial charge on any atom is -0.456 e. The van der Waals surface area contributed by atoms with Crippen LogP contribution in [0.25, 0.3) is 99.5 Å².